The average molecular weight is 387 g/mol. The lowest BCUT2D eigenvalue weighted by molar-refractivity contribution is 0.102. The molecule has 0 unspecified atom stereocenters. The average Bonchev–Trinajstić information content (AvgIpc) is 2.73. The summed E-state index contributed by atoms with van der Waals surface area (Å²) >= 11 is 6.02. The Kier molecular flexibility index (Phi) is 5.09. The number of hydrogen-bond donors (Lipinski definition) is 1. The van der Waals surface area contributed by atoms with Gasteiger partial charge in [-0.1, -0.05) is 54.9 Å². The molecule has 3 nitrogen and oxygen atoms in total. The molecule has 1 heterocycles. The molecule has 0 aliphatic carbocycles. The zero-order valence-corrected chi connectivity index (χ0v) is 16.2. The van der Waals surface area contributed by atoms with Crippen LogP contribution in [0.4, 0.5) is 5.69 Å². The lowest BCUT2D eigenvalue weighted by atomic mass is 10.0. The molecule has 1 amide bonds. The minimum Gasteiger partial charge on any atom is -0.322 e. The molecule has 3 aromatic carbocycles. The Morgan fingerprint density at radius 3 is 2.43 bits per heavy atom. The molecule has 28 heavy (non-hydrogen) atoms. The van der Waals surface area contributed by atoms with Crippen LogP contribution in [0.2, 0.25) is 5.02 Å². The first-order chi connectivity index (χ1) is 13.6. The van der Waals surface area contributed by atoms with Crippen LogP contribution in [0.15, 0.2) is 78.9 Å². The highest BCUT2D eigenvalue weighted by Gasteiger charge is 2.15. The van der Waals surface area contributed by atoms with Gasteiger partial charge in [0.2, 0.25) is 0 Å². The lowest BCUT2D eigenvalue weighted by Crippen LogP contribution is -2.13. The normalized spacial score (nSPS) is 10.8. The molecular weight excluding hydrogens is 368 g/mol. The molecule has 1 N–H and O–H groups in total. The second-order valence-corrected chi connectivity index (χ2v) is 7.02. The molecule has 138 valence electrons. The summed E-state index contributed by atoms with van der Waals surface area (Å²) in [6.07, 6.45) is 0.897. The third-order valence-corrected chi connectivity index (χ3v) is 4.95. The first-order valence-corrected chi connectivity index (χ1v) is 9.58. The van der Waals surface area contributed by atoms with E-state index < -0.39 is 0 Å². The van der Waals surface area contributed by atoms with Crippen LogP contribution in [-0.2, 0) is 6.42 Å². The van der Waals surface area contributed by atoms with Gasteiger partial charge in [-0.2, -0.15) is 0 Å². The van der Waals surface area contributed by atoms with Gasteiger partial charge < -0.3 is 5.32 Å². The number of para-hydroxylation sites is 1. The van der Waals surface area contributed by atoms with E-state index in [4.69, 9.17) is 16.6 Å². The maximum atomic E-state index is 13.1. The van der Waals surface area contributed by atoms with E-state index in [-0.39, 0.29) is 5.91 Å². The second-order valence-electron chi connectivity index (χ2n) is 6.59. The van der Waals surface area contributed by atoms with E-state index in [1.54, 1.807) is 0 Å². The van der Waals surface area contributed by atoms with Crippen molar-refractivity contribution in [1.82, 2.24) is 4.98 Å². The van der Waals surface area contributed by atoms with E-state index >= 15 is 0 Å². The number of pyridine rings is 1. The van der Waals surface area contributed by atoms with Crippen molar-refractivity contribution in [3.8, 4) is 11.3 Å². The third kappa shape index (κ3) is 3.75. The highest BCUT2D eigenvalue weighted by Crippen LogP contribution is 2.27. The topological polar surface area (TPSA) is 42.0 Å². The monoisotopic (exact) mass is 386 g/mol. The standard InChI is InChI=1S/C24H19ClN2O/c1-2-16-8-13-22-20(14-16)21(24(28)26-19-6-4-3-5-7-19)15-23(27-22)17-9-11-18(25)12-10-17/h3-15H,2H2,1H3,(H,26,28). The van der Waals surface area contributed by atoms with Crippen molar-refractivity contribution in [2.75, 3.05) is 5.32 Å². The van der Waals surface area contributed by atoms with Crippen LogP contribution in [0.5, 0.6) is 0 Å². The molecule has 0 aliphatic heterocycles. The summed E-state index contributed by atoms with van der Waals surface area (Å²) in [6, 6.07) is 24.9. The quantitative estimate of drug-likeness (QED) is 0.442. The minimum absolute atomic E-state index is 0.151. The van der Waals surface area contributed by atoms with Crippen LogP contribution < -0.4 is 5.32 Å². The number of hydrogen-bond acceptors (Lipinski definition) is 2. The fourth-order valence-corrected chi connectivity index (χ4v) is 3.30. The predicted octanol–water partition coefficient (Wildman–Crippen LogP) is 6.37. The molecule has 0 saturated heterocycles. The number of carbonyl (C=O) groups is 1. The van der Waals surface area contributed by atoms with Crippen molar-refractivity contribution < 1.29 is 4.79 Å². The summed E-state index contributed by atoms with van der Waals surface area (Å²) in [5.74, 6) is -0.151. The Hall–Kier alpha value is -3.17. The number of nitrogens with zero attached hydrogens (tertiary/aromatic N) is 1. The van der Waals surface area contributed by atoms with Crippen molar-refractivity contribution in [3.05, 3.63) is 95.0 Å². The van der Waals surface area contributed by atoms with E-state index in [9.17, 15) is 4.79 Å². The van der Waals surface area contributed by atoms with Gasteiger partial charge in [0.1, 0.15) is 0 Å². The van der Waals surface area contributed by atoms with Gasteiger partial charge in [0.05, 0.1) is 16.8 Å². The molecule has 0 radical (unpaired) electrons. The summed E-state index contributed by atoms with van der Waals surface area (Å²) in [4.78, 5) is 17.9. The van der Waals surface area contributed by atoms with Crippen LogP contribution in [0.3, 0.4) is 0 Å². The van der Waals surface area contributed by atoms with E-state index in [0.29, 0.717) is 10.6 Å². The number of nitrogens with one attached hydrogen (secondary N) is 1. The Labute approximate surface area is 169 Å². The SMILES string of the molecule is CCc1ccc2nc(-c3ccc(Cl)cc3)cc(C(=O)Nc3ccccc3)c2c1. The molecule has 0 atom stereocenters. The van der Waals surface area contributed by atoms with Crippen LogP contribution in [0, 0.1) is 0 Å². The van der Waals surface area contributed by atoms with Gasteiger partial charge in [-0.15, -0.1) is 0 Å². The van der Waals surface area contributed by atoms with Gasteiger partial charge in [0.15, 0.2) is 0 Å². The molecule has 4 rings (SSSR count). The summed E-state index contributed by atoms with van der Waals surface area (Å²) in [6.45, 7) is 2.10. The second kappa shape index (κ2) is 7.83. The predicted molar refractivity (Wildman–Crippen MR) is 116 cm³/mol. The molecule has 1 aromatic heterocycles. The van der Waals surface area contributed by atoms with Gasteiger partial charge in [-0.3, -0.25) is 4.79 Å². The molecule has 0 aliphatic rings. The van der Waals surface area contributed by atoms with Crippen LogP contribution in [-0.4, -0.2) is 10.9 Å². The third-order valence-electron chi connectivity index (χ3n) is 4.70. The zero-order valence-electron chi connectivity index (χ0n) is 15.4. The minimum atomic E-state index is -0.151. The summed E-state index contributed by atoms with van der Waals surface area (Å²) in [5, 5.41) is 4.51. The van der Waals surface area contributed by atoms with Crippen molar-refractivity contribution in [2.24, 2.45) is 0 Å². The first-order valence-electron chi connectivity index (χ1n) is 9.20. The molecule has 4 aromatic rings. The highest BCUT2D eigenvalue weighted by molar-refractivity contribution is 6.30. The molecule has 0 bridgehead atoms. The Bertz CT molecular complexity index is 1140. The maximum Gasteiger partial charge on any atom is 0.256 e. The largest absolute Gasteiger partial charge is 0.322 e. The fourth-order valence-electron chi connectivity index (χ4n) is 3.17. The van der Waals surface area contributed by atoms with Crippen LogP contribution in [0.25, 0.3) is 22.2 Å². The number of aromatic nitrogens is 1. The number of aryl methyl sites for hydroxylation is 1. The summed E-state index contributed by atoms with van der Waals surface area (Å²) in [5.41, 5.74) is 4.99. The van der Waals surface area contributed by atoms with Gasteiger partial charge in [0.25, 0.3) is 5.91 Å². The Morgan fingerprint density at radius 2 is 1.71 bits per heavy atom. The van der Waals surface area contributed by atoms with E-state index in [1.807, 2.05) is 72.8 Å². The van der Waals surface area contributed by atoms with E-state index in [0.717, 1.165) is 34.3 Å². The number of rotatable bonds is 4. The van der Waals surface area contributed by atoms with Gasteiger partial charge in [0, 0.05) is 21.7 Å². The molecular formula is C24H19ClN2O. The van der Waals surface area contributed by atoms with Gasteiger partial charge in [-0.05, 0) is 54.4 Å². The molecule has 0 spiro atoms. The van der Waals surface area contributed by atoms with Gasteiger partial charge >= 0.3 is 0 Å². The Morgan fingerprint density at radius 1 is 0.964 bits per heavy atom. The fraction of sp³-hybridized carbons (Fsp3) is 0.0833. The zero-order chi connectivity index (χ0) is 19.5. The summed E-state index contributed by atoms with van der Waals surface area (Å²) in [7, 11) is 0. The number of fused-ring (bicyclic) bond motifs is 1. The van der Waals surface area contributed by atoms with Crippen molar-refractivity contribution >= 4 is 34.1 Å². The highest BCUT2D eigenvalue weighted by atomic mass is 35.5. The van der Waals surface area contributed by atoms with Crippen molar-refractivity contribution in [3.63, 3.8) is 0 Å². The van der Waals surface area contributed by atoms with Crippen molar-refractivity contribution in [1.29, 1.82) is 0 Å². The first kappa shape index (κ1) is 18.2. The van der Waals surface area contributed by atoms with Gasteiger partial charge in [-0.25, -0.2) is 4.98 Å². The molecule has 0 saturated carbocycles. The van der Waals surface area contributed by atoms with Crippen LogP contribution >= 0.6 is 11.6 Å². The van der Waals surface area contributed by atoms with E-state index in [1.165, 1.54) is 5.56 Å². The number of carbonyl (C=O) groups excluding carboxylic acids is 1. The van der Waals surface area contributed by atoms with E-state index in [2.05, 4.69) is 18.3 Å². The van der Waals surface area contributed by atoms with Crippen LogP contribution in [0.1, 0.15) is 22.8 Å². The maximum absolute atomic E-state index is 13.1. The Balaban J connectivity index is 1.85. The smallest absolute Gasteiger partial charge is 0.256 e. The molecule has 4 heteroatoms. The molecule has 0 fully saturated rings. The number of amides is 1. The number of anilines is 1. The summed E-state index contributed by atoms with van der Waals surface area (Å²) < 4.78 is 0. The lowest BCUT2D eigenvalue weighted by Gasteiger charge is -2.12. The number of halogens is 1. The van der Waals surface area contributed by atoms with Crippen molar-refractivity contribution in [2.45, 2.75) is 13.3 Å². The number of benzene rings is 3.